The number of ether oxygens (including phenoxy) is 1. The molecule has 0 saturated carbocycles. The Morgan fingerprint density at radius 1 is 1.12 bits per heavy atom. The van der Waals surface area contributed by atoms with Gasteiger partial charge in [0.05, 0.1) is 12.5 Å². The number of hydrogen-bond acceptors (Lipinski definition) is 5. The standard InChI is InChI=1S/C20H22N4OS/c1-15-7-6-10-18(11-15)25-12-19-21-22-20-24(19)13-23(14-26-20)16(2)17-8-4-3-5-9-17/h3-11,16H,12-14H2,1-2H3/t16-/m0/s1. The van der Waals surface area contributed by atoms with E-state index in [9.17, 15) is 0 Å². The van der Waals surface area contributed by atoms with Gasteiger partial charge in [-0.05, 0) is 37.1 Å². The van der Waals surface area contributed by atoms with Crippen molar-refractivity contribution in [3.8, 4) is 5.75 Å². The van der Waals surface area contributed by atoms with Crippen LogP contribution in [0.5, 0.6) is 5.75 Å². The molecule has 0 amide bonds. The Kier molecular flexibility index (Phi) is 4.95. The SMILES string of the molecule is Cc1cccc(OCc2nnc3n2CN([C@@H](C)c2ccccc2)CS3)c1. The number of thioether (sulfide) groups is 1. The highest BCUT2D eigenvalue weighted by atomic mass is 32.2. The molecule has 0 unspecified atom stereocenters. The molecule has 0 bridgehead atoms. The van der Waals surface area contributed by atoms with Crippen LogP contribution in [0.2, 0.25) is 0 Å². The predicted octanol–water partition coefficient (Wildman–Crippen LogP) is 4.25. The highest BCUT2D eigenvalue weighted by Crippen LogP contribution is 2.31. The zero-order valence-corrected chi connectivity index (χ0v) is 15.8. The van der Waals surface area contributed by atoms with E-state index in [-0.39, 0.29) is 0 Å². The maximum atomic E-state index is 5.93. The largest absolute Gasteiger partial charge is 0.486 e. The lowest BCUT2D eigenvalue weighted by molar-refractivity contribution is 0.172. The van der Waals surface area contributed by atoms with Gasteiger partial charge in [0.1, 0.15) is 12.4 Å². The van der Waals surface area contributed by atoms with Gasteiger partial charge in [0.25, 0.3) is 0 Å². The molecule has 1 aliphatic rings. The van der Waals surface area contributed by atoms with Crippen LogP contribution in [0, 0.1) is 6.92 Å². The molecule has 1 atom stereocenters. The molecule has 1 aromatic heterocycles. The number of aryl methyl sites for hydroxylation is 1. The van der Waals surface area contributed by atoms with Gasteiger partial charge in [-0.1, -0.05) is 54.2 Å². The zero-order valence-electron chi connectivity index (χ0n) is 15.0. The Hall–Kier alpha value is -2.31. The van der Waals surface area contributed by atoms with Crippen LogP contribution in [-0.4, -0.2) is 25.5 Å². The number of nitrogens with zero attached hydrogens (tertiary/aromatic N) is 4. The van der Waals surface area contributed by atoms with Crippen molar-refractivity contribution in [3.05, 3.63) is 71.5 Å². The quantitative estimate of drug-likeness (QED) is 0.675. The summed E-state index contributed by atoms with van der Waals surface area (Å²) < 4.78 is 8.08. The molecule has 134 valence electrons. The highest BCUT2D eigenvalue weighted by molar-refractivity contribution is 7.99. The summed E-state index contributed by atoms with van der Waals surface area (Å²) in [5.74, 6) is 2.63. The number of fused-ring (bicyclic) bond motifs is 1. The van der Waals surface area contributed by atoms with Crippen LogP contribution < -0.4 is 4.74 Å². The molecule has 6 heteroatoms. The molecular weight excluding hydrogens is 344 g/mol. The van der Waals surface area contributed by atoms with Crippen LogP contribution in [0.4, 0.5) is 0 Å². The summed E-state index contributed by atoms with van der Waals surface area (Å²) in [4.78, 5) is 2.42. The molecule has 2 heterocycles. The summed E-state index contributed by atoms with van der Waals surface area (Å²) in [6, 6.07) is 19.0. The Bertz CT molecular complexity index is 881. The third kappa shape index (κ3) is 3.61. The Morgan fingerprint density at radius 3 is 2.77 bits per heavy atom. The summed E-state index contributed by atoms with van der Waals surface area (Å²) in [7, 11) is 0. The number of aromatic nitrogens is 3. The van der Waals surface area contributed by atoms with E-state index in [1.54, 1.807) is 11.8 Å². The average molecular weight is 366 g/mol. The fraction of sp³-hybridized carbons (Fsp3) is 0.300. The summed E-state index contributed by atoms with van der Waals surface area (Å²) in [6.07, 6.45) is 0. The van der Waals surface area contributed by atoms with E-state index < -0.39 is 0 Å². The van der Waals surface area contributed by atoms with Crippen molar-refractivity contribution in [1.29, 1.82) is 0 Å². The molecule has 1 aliphatic heterocycles. The van der Waals surface area contributed by atoms with Crippen molar-refractivity contribution < 1.29 is 4.74 Å². The fourth-order valence-electron chi connectivity index (χ4n) is 3.07. The van der Waals surface area contributed by atoms with Crippen LogP contribution >= 0.6 is 11.8 Å². The van der Waals surface area contributed by atoms with Gasteiger partial charge in [0.2, 0.25) is 0 Å². The van der Waals surface area contributed by atoms with Gasteiger partial charge in [-0.15, -0.1) is 10.2 Å². The highest BCUT2D eigenvalue weighted by Gasteiger charge is 2.25. The Balaban J connectivity index is 1.47. The van der Waals surface area contributed by atoms with Gasteiger partial charge < -0.3 is 4.74 Å². The molecule has 26 heavy (non-hydrogen) atoms. The van der Waals surface area contributed by atoms with E-state index >= 15 is 0 Å². The van der Waals surface area contributed by atoms with E-state index in [4.69, 9.17) is 4.74 Å². The van der Waals surface area contributed by atoms with Crippen molar-refractivity contribution in [1.82, 2.24) is 19.7 Å². The smallest absolute Gasteiger partial charge is 0.193 e. The van der Waals surface area contributed by atoms with Crippen LogP contribution in [-0.2, 0) is 13.3 Å². The molecule has 0 radical (unpaired) electrons. The fourth-order valence-corrected chi connectivity index (χ4v) is 4.07. The minimum Gasteiger partial charge on any atom is -0.486 e. The Labute approximate surface area is 158 Å². The van der Waals surface area contributed by atoms with Crippen molar-refractivity contribution in [2.24, 2.45) is 0 Å². The van der Waals surface area contributed by atoms with Gasteiger partial charge in [-0.2, -0.15) is 0 Å². The molecule has 0 N–H and O–H groups in total. The van der Waals surface area contributed by atoms with Gasteiger partial charge >= 0.3 is 0 Å². The van der Waals surface area contributed by atoms with Gasteiger partial charge in [0, 0.05) is 6.04 Å². The third-order valence-electron chi connectivity index (χ3n) is 4.66. The van der Waals surface area contributed by atoms with E-state index in [1.807, 2.05) is 18.2 Å². The lowest BCUT2D eigenvalue weighted by atomic mass is 10.1. The summed E-state index contributed by atoms with van der Waals surface area (Å²) in [6.45, 7) is 5.50. The molecule has 3 aromatic rings. The van der Waals surface area contributed by atoms with Crippen LogP contribution in [0.1, 0.15) is 29.9 Å². The van der Waals surface area contributed by atoms with Gasteiger partial charge in [-0.3, -0.25) is 9.47 Å². The van der Waals surface area contributed by atoms with E-state index in [1.165, 1.54) is 11.1 Å². The summed E-state index contributed by atoms with van der Waals surface area (Å²) >= 11 is 1.72. The third-order valence-corrected chi connectivity index (χ3v) is 5.68. The van der Waals surface area contributed by atoms with Crippen LogP contribution in [0.25, 0.3) is 0 Å². The minimum atomic E-state index is 0.338. The normalized spacial score (nSPS) is 15.5. The molecule has 2 aromatic carbocycles. The van der Waals surface area contributed by atoms with E-state index in [2.05, 4.69) is 69.9 Å². The number of rotatable bonds is 5. The minimum absolute atomic E-state index is 0.338. The van der Waals surface area contributed by atoms with E-state index in [0.29, 0.717) is 12.6 Å². The van der Waals surface area contributed by atoms with Crippen molar-refractivity contribution in [2.45, 2.75) is 38.3 Å². The first-order chi connectivity index (χ1) is 12.7. The molecule has 0 saturated heterocycles. The lowest BCUT2D eigenvalue weighted by Gasteiger charge is -2.33. The van der Waals surface area contributed by atoms with Crippen LogP contribution in [0.15, 0.2) is 59.8 Å². The van der Waals surface area contributed by atoms with Crippen molar-refractivity contribution in [2.75, 3.05) is 5.88 Å². The molecule has 0 aliphatic carbocycles. The first-order valence-electron chi connectivity index (χ1n) is 8.74. The maximum absolute atomic E-state index is 5.93. The molecule has 5 nitrogen and oxygen atoms in total. The van der Waals surface area contributed by atoms with Crippen LogP contribution in [0.3, 0.4) is 0 Å². The second-order valence-electron chi connectivity index (χ2n) is 6.52. The second-order valence-corrected chi connectivity index (χ2v) is 7.43. The molecular formula is C20H22N4OS. The lowest BCUT2D eigenvalue weighted by Crippen LogP contribution is -2.33. The summed E-state index contributed by atoms with van der Waals surface area (Å²) in [5, 5.41) is 9.63. The first-order valence-corrected chi connectivity index (χ1v) is 9.72. The summed E-state index contributed by atoms with van der Waals surface area (Å²) in [5.41, 5.74) is 2.51. The van der Waals surface area contributed by atoms with Crippen molar-refractivity contribution >= 4 is 11.8 Å². The number of hydrogen-bond donors (Lipinski definition) is 0. The van der Waals surface area contributed by atoms with Gasteiger partial charge in [0.15, 0.2) is 11.0 Å². The predicted molar refractivity (Wildman–Crippen MR) is 103 cm³/mol. The number of benzene rings is 2. The van der Waals surface area contributed by atoms with E-state index in [0.717, 1.165) is 29.3 Å². The molecule has 0 fully saturated rings. The molecule has 4 rings (SSSR count). The van der Waals surface area contributed by atoms with Crippen molar-refractivity contribution in [3.63, 3.8) is 0 Å². The van der Waals surface area contributed by atoms with Gasteiger partial charge in [-0.25, -0.2) is 0 Å². The monoisotopic (exact) mass is 366 g/mol. The first kappa shape index (κ1) is 17.1. The molecule has 0 spiro atoms. The second kappa shape index (κ2) is 7.51. The Morgan fingerprint density at radius 2 is 1.96 bits per heavy atom. The topological polar surface area (TPSA) is 43.2 Å². The average Bonchev–Trinajstić information content (AvgIpc) is 3.09. The zero-order chi connectivity index (χ0) is 17.9. The maximum Gasteiger partial charge on any atom is 0.193 e.